The Morgan fingerprint density at radius 3 is 2.58 bits per heavy atom. The van der Waals surface area contributed by atoms with Crippen LogP contribution in [0.3, 0.4) is 0 Å². The smallest absolute Gasteiger partial charge is 0.146 e. The topological polar surface area (TPSA) is 26.0 Å². The van der Waals surface area contributed by atoms with Crippen molar-refractivity contribution in [1.29, 1.82) is 0 Å². The first kappa shape index (κ1) is 9.49. The highest BCUT2D eigenvalue weighted by molar-refractivity contribution is 6.30. The van der Waals surface area contributed by atoms with Crippen LogP contribution in [0.25, 0.3) is 0 Å². The highest BCUT2D eigenvalue weighted by atomic mass is 35.5. The first-order valence-corrected chi connectivity index (χ1v) is 4.11. The van der Waals surface area contributed by atoms with Gasteiger partial charge in [0.2, 0.25) is 0 Å². The molecule has 1 unspecified atom stereocenters. The van der Waals surface area contributed by atoms with Gasteiger partial charge in [0.25, 0.3) is 0 Å². The van der Waals surface area contributed by atoms with Crippen molar-refractivity contribution in [3.05, 3.63) is 34.1 Å². The van der Waals surface area contributed by atoms with Crippen molar-refractivity contribution in [2.45, 2.75) is 19.9 Å². The lowest BCUT2D eigenvalue weighted by Gasteiger charge is -2.09. The standard InChI is InChI=1S/C9H11ClFN/c1-5-3-7(6(2)12)9(11)8(10)4-5/h3-4,6H,12H2,1-2H3. The zero-order valence-electron chi connectivity index (χ0n) is 7.07. The van der Waals surface area contributed by atoms with Crippen LogP contribution in [0, 0.1) is 12.7 Å². The predicted molar refractivity (Wildman–Crippen MR) is 48.7 cm³/mol. The van der Waals surface area contributed by atoms with Gasteiger partial charge in [0.1, 0.15) is 5.82 Å². The Morgan fingerprint density at radius 2 is 2.08 bits per heavy atom. The molecule has 0 spiro atoms. The third-order valence-corrected chi connectivity index (χ3v) is 1.97. The van der Waals surface area contributed by atoms with Crippen molar-refractivity contribution in [2.75, 3.05) is 0 Å². The van der Waals surface area contributed by atoms with Crippen molar-refractivity contribution in [3.63, 3.8) is 0 Å². The van der Waals surface area contributed by atoms with Crippen LogP contribution in [0.5, 0.6) is 0 Å². The van der Waals surface area contributed by atoms with Gasteiger partial charge in [-0.25, -0.2) is 4.39 Å². The van der Waals surface area contributed by atoms with E-state index in [0.29, 0.717) is 5.56 Å². The molecule has 0 saturated carbocycles. The largest absolute Gasteiger partial charge is 0.324 e. The summed E-state index contributed by atoms with van der Waals surface area (Å²) in [5.74, 6) is -0.405. The number of rotatable bonds is 1. The maximum atomic E-state index is 13.2. The van der Waals surface area contributed by atoms with E-state index in [1.165, 1.54) is 0 Å². The van der Waals surface area contributed by atoms with Crippen molar-refractivity contribution in [1.82, 2.24) is 0 Å². The van der Waals surface area contributed by atoms with Crippen molar-refractivity contribution in [2.24, 2.45) is 5.73 Å². The number of hydrogen-bond acceptors (Lipinski definition) is 1. The fraction of sp³-hybridized carbons (Fsp3) is 0.333. The van der Waals surface area contributed by atoms with Gasteiger partial charge in [-0.1, -0.05) is 17.7 Å². The van der Waals surface area contributed by atoms with Gasteiger partial charge in [-0.05, 0) is 25.5 Å². The van der Waals surface area contributed by atoms with Gasteiger partial charge in [-0.2, -0.15) is 0 Å². The Balaban J connectivity index is 3.28. The lowest BCUT2D eigenvalue weighted by atomic mass is 10.1. The van der Waals surface area contributed by atoms with Gasteiger partial charge in [0.15, 0.2) is 0 Å². The molecule has 0 fully saturated rings. The molecule has 1 atom stereocenters. The van der Waals surface area contributed by atoms with Crippen LogP contribution < -0.4 is 5.73 Å². The van der Waals surface area contributed by atoms with Crippen LogP contribution in [-0.4, -0.2) is 0 Å². The van der Waals surface area contributed by atoms with E-state index in [4.69, 9.17) is 17.3 Å². The molecule has 0 saturated heterocycles. The Morgan fingerprint density at radius 1 is 1.50 bits per heavy atom. The summed E-state index contributed by atoms with van der Waals surface area (Å²) in [6.45, 7) is 3.59. The Bertz CT molecular complexity index is 297. The number of hydrogen-bond donors (Lipinski definition) is 1. The van der Waals surface area contributed by atoms with Gasteiger partial charge in [-0.3, -0.25) is 0 Å². The van der Waals surface area contributed by atoms with Crippen molar-refractivity contribution in [3.8, 4) is 0 Å². The molecular formula is C9H11ClFN. The zero-order chi connectivity index (χ0) is 9.30. The molecule has 0 radical (unpaired) electrons. The number of aryl methyl sites for hydroxylation is 1. The third-order valence-electron chi connectivity index (χ3n) is 1.69. The zero-order valence-corrected chi connectivity index (χ0v) is 7.82. The second-order valence-electron chi connectivity index (χ2n) is 2.94. The average Bonchev–Trinajstić information content (AvgIpc) is 1.96. The van der Waals surface area contributed by atoms with Crippen LogP contribution in [0.4, 0.5) is 4.39 Å². The van der Waals surface area contributed by atoms with E-state index >= 15 is 0 Å². The number of halogens is 2. The first-order chi connectivity index (χ1) is 5.52. The number of nitrogens with two attached hydrogens (primary N) is 1. The minimum atomic E-state index is -0.405. The van der Waals surface area contributed by atoms with Crippen LogP contribution in [0.2, 0.25) is 5.02 Å². The van der Waals surface area contributed by atoms with Gasteiger partial charge in [0, 0.05) is 11.6 Å². The second-order valence-corrected chi connectivity index (χ2v) is 3.35. The fourth-order valence-corrected chi connectivity index (χ4v) is 1.36. The summed E-state index contributed by atoms with van der Waals surface area (Å²) >= 11 is 5.63. The molecule has 1 nitrogen and oxygen atoms in total. The van der Waals surface area contributed by atoms with E-state index < -0.39 is 5.82 Å². The maximum Gasteiger partial charge on any atom is 0.146 e. The summed E-state index contributed by atoms with van der Waals surface area (Å²) in [5, 5.41) is 0.141. The Hall–Kier alpha value is -0.600. The highest BCUT2D eigenvalue weighted by Crippen LogP contribution is 2.23. The molecular weight excluding hydrogens is 177 g/mol. The Labute approximate surface area is 76.3 Å². The van der Waals surface area contributed by atoms with E-state index in [1.807, 2.05) is 6.92 Å². The van der Waals surface area contributed by atoms with Gasteiger partial charge in [0.05, 0.1) is 5.02 Å². The van der Waals surface area contributed by atoms with Gasteiger partial charge >= 0.3 is 0 Å². The predicted octanol–water partition coefficient (Wildman–Crippen LogP) is 2.81. The van der Waals surface area contributed by atoms with Gasteiger partial charge < -0.3 is 5.73 Å². The summed E-state index contributed by atoms with van der Waals surface area (Å²) < 4.78 is 13.2. The lowest BCUT2D eigenvalue weighted by Crippen LogP contribution is -2.08. The molecule has 0 aliphatic rings. The van der Waals surface area contributed by atoms with Crippen LogP contribution in [0.15, 0.2) is 12.1 Å². The molecule has 2 N–H and O–H groups in total. The molecule has 0 bridgehead atoms. The van der Waals surface area contributed by atoms with E-state index in [9.17, 15) is 4.39 Å². The van der Waals surface area contributed by atoms with Gasteiger partial charge in [-0.15, -0.1) is 0 Å². The molecule has 66 valence electrons. The quantitative estimate of drug-likeness (QED) is 0.719. The average molecular weight is 188 g/mol. The molecule has 12 heavy (non-hydrogen) atoms. The maximum absolute atomic E-state index is 13.2. The summed E-state index contributed by atoms with van der Waals surface area (Å²) in [7, 11) is 0. The molecule has 3 heteroatoms. The van der Waals surface area contributed by atoms with Crippen LogP contribution in [-0.2, 0) is 0 Å². The van der Waals surface area contributed by atoms with E-state index in [-0.39, 0.29) is 11.1 Å². The summed E-state index contributed by atoms with van der Waals surface area (Å²) in [6, 6.07) is 2.98. The van der Waals surface area contributed by atoms with Crippen molar-refractivity contribution >= 4 is 11.6 Å². The first-order valence-electron chi connectivity index (χ1n) is 3.73. The normalized spacial score (nSPS) is 13.1. The summed E-state index contributed by atoms with van der Waals surface area (Å²) in [4.78, 5) is 0. The third kappa shape index (κ3) is 1.76. The highest BCUT2D eigenvalue weighted by Gasteiger charge is 2.10. The van der Waals surface area contributed by atoms with Crippen LogP contribution >= 0.6 is 11.6 Å². The monoisotopic (exact) mass is 187 g/mol. The molecule has 0 heterocycles. The second kappa shape index (κ2) is 3.42. The van der Waals surface area contributed by atoms with Crippen LogP contribution in [0.1, 0.15) is 24.1 Å². The molecule has 1 aromatic rings. The molecule has 0 aliphatic heterocycles. The van der Waals surface area contributed by atoms with E-state index in [0.717, 1.165) is 5.56 Å². The minimum absolute atomic E-state index is 0.141. The van der Waals surface area contributed by atoms with Crippen molar-refractivity contribution < 1.29 is 4.39 Å². The lowest BCUT2D eigenvalue weighted by molar-refractivity contribution is 0.593. The molecule has 1 aromatic carbocycles. The Kier molecular flexibility index (Phi) is 2.70. The number of benzene rings is 1. The summed E-state index contributed by atoms with van der Waals surface area (Å²) in [6.07, 6.45) is 0. The minimum Gasteiger partial charge on any atom is -0.324 e. The SMILES string of the molecule is Cc1cc(Cl)c(F)c(C(C)N)c1. The molecule has 0 aromatic heterocycles. The van der Waals surface area contributed by atoms with E-state index in [2.05, 4.69) is 0 Å². The van der Waals surface area contributed by atoms with E-state index in [1.54, 1.807) is 19.1 Å². The fourth-order valence-electron chi connectivity index (χ4n) is 1.08. The summed E-state index contributed by atoms with van der Waals surface area (Å²) in [5.41, 5.74) is 6.95. The molecule has 1 rings (SSSR count). The molecule has 0 amide bonds. The molecule has 0 aliphatic carbocycles.